The number of nitrogens with zero attached hydrogens (tertiary/aromatic N) is 1. The van der Waals surface area contributed by atoms with Gasteiger partial charge in [0.2, 0.25) is 0 Å². The number of nitrogens with one attached hydrogen (secondary N) is 1. The van der Waals surface area contributed by atoms with E-state index in [-0.39, 0.29) is 0 Å². The summed E-state index contributed by atoms with van der Waals surface area (Å²) in [7, 11) is 1.79. The van der Waals surface area contributed by atoms with Crippen molar-refractivity contribution >= 4 is 0 Å². The molecule has 1 unspecified atom stereocenters. The molecule has 3 rings (SSSR count). The van der Waals surface area contributed by atoms with Crippen LogP contribution in [0, 0.1) is 0 Å². The third-order valence-electron chi connectivity index (χ3n) is 5.12. The van der Waals surface area contributed by atoms with Crippen LogP contribution in [-0.2, 0) is 13.1 Å². The van der Waals surface area contributed by atoms with Crippen molar-refractivity contribution in [3.63, 3.8) is 0 Å². The lowest BCUT2D eigenvalue weighted by Gasteiger charge is -2.35. The van der Waals surface area contributed by atoms with Gasteiger partial charge in [0.05, 0.1) is 7.11 Å². The van der Waals surface area contributed by atoms with Crippen LogP contribution < -0.4 is 10.1 Å². The Morgan fingerprint density at radius 2 is 2.09 bits per heavy atom. The molecule has 0 bridgehead atoms. The lowest BCUT2D eigenvalue weighted by Crippen LogP contribution is -2.38. The molecule has 22 heavy (non-hydrogen) atoms. The molecule has 1 saturated heterocycles. The first-order chi connectivity index (χ1) is 10.8. The molecule has 2 fully saturated rings. The first-order valence-corrected chi connectivity index (χ1v) is 8.93. The summed E-state index contributed by atoms with van der Waals surface area (Å²) in [5.74, 6) is 1.04. The molecule has 1 aromatic rings. The van der Waals surface area contributed by atoms with Crippen molar-refractivity contribution in [2.75, 3.05) is 13.7 Å². The fourth-order valence-corrected chi connectivity index (χ4v) is 3.54. The summed E-state index contributed by atoms with van der Waals surface area (Å²) in [6, 6.07) is 8.27. The normalized spacial score (nSPS) is 22.7. The highest BCUT2D eigenvalue weighted by Crippen LogP contribution is 2.26. The zero-order valence-electron chi connectivity index (χ0n) is 14.1. The molecule has 3 nitrogen and oxygen atoms in total. The molecule has 1 heterocycles. The molecule has 1 aliphatic carbocycles. The van der Waals surface area contributed by atoms with Crippen LogP contribution in [0.1, 0.15) is 56.6 Å². The molecule has 1 saturated carbocycles. The Labute approximate surface area is 135 Å². The third kappa shape index (κ3) is 4.02. The van der Waals surface area contributed by atoms with Gasteiger partial charge >= 0.3 is 0 Å². The van der Waals surface area contributed by atoms with Crippen molar-refractivity contribution < 1.29 is 4.74 Å². The van der Waals surface area contributed by atoms with Gasteiger partial charge in [0.15, 0.2) is 0 Å². The van der Waals surface area contributed by atoms with Crippen molar-refractivity contribution in [3.05, 3.63) is 29.3 Å². The average molecular weight is 302 g/mol. The van der Waals surface area contributed by atoms with Crippen molar-refractivity contribution in [2.45, 2.75) is 70.6 Å². The zero-order chi connectivity index (χ0) is 15.4. The highest BCUT2D eigenvalue weighted by atomic mass is 16.5. The van der Waals surface area contributed by atoms with Crippen LogP contribution in [0.4, 0.5) is 0 Å². The summed E-state index contributed by atoms with van der Waals surface area (Å²) in [6.07, 6.45) is 8.01. The lowest BCUT2D eigenvalue weighted by molar-refractivity contribution is 0.136. The van der Waals surface area contributed by atoms with Gasteiger partial charge in [-0.25, -0.2) is 0 Å². The van der Waals surface area contributed by atoms with Crippen molar-refractivity contribution in [1.82, 2.24) is 10.2 Å². The summed E-state index contributed by atoms with van der Waals surface area (Å²) in [5.41, 5.74) is 2.66. The first kappa shape index (κ1) is 15.8. The van der Waals surface area contributed by atoms with Crippen LogP contribution in [0.3, 0.4) is 0 Å². The van der Waals surface area contributed by atoms with E-state index in [9.17, 15) is 0 Å². The molecule has 1 aromatic carbocycles. The summed E-state index contributed by atoms with van der Waals surface area (Å²) in [5, 5.41) is 3.57. The van der Waals surface area contributed by atoms with Crippen LogP contribution in [0.15, 0.2) is 18.2 Å². The van der Waals surface area contributed by atoms with E-state index in [1.165, 1.54) is 56.2 Å². The number of methoxy groups -OCH3 is 1. The van der Waals surface area contributed by atoms with E-state index in [0.29, 0.717) is 0 Å². The summed E-state index contributed by atoms with van der Waals surface area (Å²) in [4.78, 5) is 2.65. The third-order valence-corrected chi connectivity index (χ3v) is 5.12. The van der Waals surface area contributed by atoms with Crippen molar-refractivity contribution in [1.29, 1.82) is 0 Å². The predicted octanol–water partition coefficient (Wildman–Crippen LogP) is 3.71. The average Bonchev–Trinajstić information content (AvgIpc) is 3.38. The van der Waals surface area contributed by atoms with Crippen LogP contribution >= 0.6 is 0 Å². The molecular formula is C19H30N2O. The minimum atomic E-state index is 0.739. The highest BCUT2D eigenvalue weighted by Gasteiger charge is 2.22. The van der Waals surface area contributed by atoms with E-state index in [2.05, 4.69) is 35.3 Å². The summed E-state index contributed by atoms with van der Waals surface area (Å²) < 4.78 is 5.62. The summed E-state index contributed by atoms with van der Waals surface area (Å²) >= 11 is 0. The molecule has 1 atom stereocenters. The van der Waals surface area contributed by atoms with Gasteiger partial charge in [-0.1, -0.05) is 25.5 Å². The maximum atomic E-state index is 5.62. The zero-order valence-corrected chi connectivity index (χ0v) is 14.1. The van der Waals surface area contributed by atoms with Crippen molar-refractivity contribution in [2.24, 2.45) is 0 Å². The molecule has 0 radical (unpaired) electrons. The van der Waals surface area contributed by atoms with Gasteiger partial charge in [-0.2, -0.15) is 0 Å². The maximum absolute atomic E-state index is 5.62. The molecule has 1 N–H and O–H groups in total. The monoisotopic (exact) mass is 302 g/mol. The number of piperidine rings is 1. The topological polar surface area (TPSA) is 24.5 Å². The number of likely N-dealkylation sites (tertiary alicyclic amines) is 1. The van der Waals surface area contributed by atoms with Gasteiger partial charge < -0.3 is 10.1 Å². The number of rotatable bonds is 7. The highest BCUT2D eigenvalue weighted by molar-refractivity contribution is 5.37. The molecule has 0 amide bonds. The molecule has 1 aliphatic heterocycles. The second kappa shape index (κ2) is 7.47. The number of hydrogen-bond donors (Lipinski definition) is 1. The first-order valence-electron chi connectivity index (χ1n) is 8.93. The predicted molar refractivity (Wildman–Crippen MR) is 91.2 cm³/mol. The quantitative estimate of drug-likeness (QED) is 0.831. The van der Waals surface area contributed by atoms with E-state index >= 15 is 0 Å². The minimum absolute atomic E-state index is 0.739. The summed E-state index contributed by atoms with van der Waals surface area (Å²) in [6.45, 7) is 5.54. The fourth-order valence-electron chi connectivity index (χ4n) is 3.54. The van der Waals surface area contributed by atoms with Gasteiger partial charge in [0, 0.05) is 30.7 Å². The van der Waals surface area contributed by atoms with E-state index in [1.54, 1.807) is 7.11 Å². The fraction of sp³-hybridized carbons (Fsp3) is 0.684. The minimum Gasteiger partial charge on any atom is -0.496 e. The van der Waals surface area contributed by atoms with Crippen LogP contribution in [0.5, 0.6) is 5.75 Å². The Morgan fingerprint density at radius 3 is 2.82 bits per heavy atom. The van der Waals surface area contributed by atoms with Gasteiger partial charge in [0.25, 0.3) is 0 Å². The number of benzene rings is 1. The molecule has 2 aliphatic rings. The number of ether oxygens (including phenoxy) is 1. The molecule has 122 valence electrons. The standard InChI is InChI=1S/C19H30N2O/c1-3-18-6-4-5-11-21(18)14-15-7-8-16(19(12-15)22-2)13-20-17-9-10-17/h7-8,12,17-18,20H,3-6,9-11,13-14H2,1-2H3. The van der Waals surface area contributed by atoms with Gasteiger partial charge in [-0.3, -0.25) is 4.90 Å². The Balaban J connectivity index is 1.65. The molecule has 0 spiro atoms. The molecule has 0 aromatic heterocycles. The Morgan fingerprint density at radius 1 is 1.23 bits per heavy atom. The Kier molecular flexibility index (Phi) is 5.37. The van der Waals surface area contributed by atoms with Crippen molar-refractivity contribution in [3.8, 4) is 5.75 Å². The smallest absolute Gasteiger partial charge is 0.123 e. The SMILES string of the molecule is CCC1CCCCN1Cc1ccc(CNC2CC2)c(OC)c1. The lowest BCUT2D eigenvalue weighted by atomic mass is 9.99. The van der Waals surface area contributed by atoms with Crippen LogP contribution in [-0.4, -0.2) is 30.6 Å². The van der Waals surface area contributed by atoms with Gasteiger partial charge in [-0.05, 0) is 50.3 Å². The Bertz CT molecular complexity index is 484. The molecule has 3 heteroatoms. The van der Waals surface area contributed by atoms with E-state index in [4.69, 9.17) is 4.74 Å². The second-order valence-electron chi connectivity index (χ2n) is 6.83. The van der Waals surface area contributed by atoms with Crippen LogP contribution in [0.25, 0.3) is 0 Å². The largest absolute Gasteiger partial charge is 0.496 e. The van der Waals surface area contributed by atoms with E-state index in [1.807, 2.05) is 0 Å². The molecular weight excluding hydrogens is 272 g/mol. The van der Waals surface area contributed by atoms with Gasteiger partial charge in [-0.15, -0.1) is 0 Å². The van der Waals surface area contributed by atoms with E-state index < -0.39 is 0 Å². The second-order valence-corrected chi connectivity index (χ2v) is 6.83. The van der Waals surface area contributed by atoms with Crippen LogP contribution in [0.2, 0.25) is 0 Å². The maximum Gasteiger partial charge on any atom is 0.123 e. The Hall–Kier alpha value is -1.06. The van der Waals surface area contributed by atoms with E-state index in [0.717, 1.165) is 30.9 Å². The van der Waals surface area contributed by atoms with Gasteiger partial charge in [0.1, 0.15) is 5.75 Å². The number of hydrogen-bond acceptors (Lipinski definition) is 3.